The SMILES string of the molecule is COc1cc(F)c(-c2c(NC(=O)c3ccc(OC(F)(F)F)cc3)c(=O)n(-c3ncccc3F)n2C)c(F)c1. The van der Waals surface area contributed by atoms with Gasteiger partial charge in [0.2, 0.25) is 0 Å². The highest BCUT2D eigenvalue weighted by Gasteiger charge is 2.31. The van der Waals surface area contributed by atoms with Crippen LogP contribution in [0.2, 0.25) is 0 Å². The van der Waals surface area contributed by atoms with Crippen molar-refractivity contribution in [3.05, 3.63) is 88.1 Å². The molecule has 4 aromatic rings. The van der Waals surface area contributed by atoms with Crippen molar-refractivity contribution >= 4 is 11.6 Å². The summed E-state index contributed by atoms with van der Waals surface area (Å²) in [4.78, 5) is 30.1. The molecule has 0 unspecified atom stereocenters. The number of hydrogen-bond acceptors (Lipinski definition) is 5. The number of pyridine rings is 1. The molecule has 0 bridgehead atoms. The first-order valence-corrected chi connectivity index (χ1v) is 10.5. The number of nitrogens with zero attached hydrogens (tertiary/aromatic N) is 3. The molecule has 1 N–H and O–H groups in total. The number of halogens is 6. The van der Waals surface area contributed by atoms with Crippen molar-refractivity contribution in [2.45, 2.75) is 6.36 Å². The highest BCUT2D eigenvalue weighted by Crippen LogP contribution is 2.34. The maximum atomic E-state index is 15.1. The van der Waals surface area contributed by atoms with Gasteiger partial charge in [0.15, 0.2) is 11.6 Å². The fraction of sp³-hybridized carbons (Fsp3) is 0.125. The van der Waals surface area contributed by atoms with Crippen molar-refractivity contribution in [1.82, 2.24) is 14.3 Å². The van der Waals surface area contributed by atoms with Crippen LogP contribution in [-0.2, 0) is 7.05 Å². The molecule has 2 aromatic heterocycles. The lowest BCUT2D eigenvalue weighted by Gasteiger charge is -2.13. The van der Waals surface area contributed by atoms with Crippen LogP contribution < -0.4 is 20.3 Å². The van der Waals surface area contributed by atoms with Gasteiger partial charge in [-0.15, -0.1) is 13.2 Å². The van der Waals surface area contributed by atoms with Crippen LogP contribution >= 0.6 is 0 Å². The number of ether oxygens (including phenoxy) is 2. The normalized spacial score (nSPS) is 11.4. The molecular weight excluding hydrogens is 522 g/mol. The summed E-state index contributed by atoms with van der Waals surface area (Å²) in [6.07, 6.45) is -3.78. The van der Waals surface area contributed by atoms with E-state index in [9.17, 15) is 27.2 Å². The van der Waals surface area contributed by atoms with Gasteiger partial charge in [-0.05, 0) is 36.4 Å². The summed E-state index contributed by atoms with van der Waals surface area (Å²) in [5.41, 5.74) is -3.20. The molecule has 8 nitrogen and oxygen atoms in total. The van der Waals surface area contributed by atoms with Gasteiger partial charge in [0, 0.05) is 30.9 Å². The zero-order valence-electron chi connectivity index (χ0n) is 19.4. The monoisotopic (exact) mass is 538 g/mol. The smallest absolute Gasteiger partial charge is 0.497 e. The topological polar surface area (TPSA) is 87.4 Å². The molecular formula is C24H16F6N4O4. The Morgan fingerprint density at radius 2 is 1.61 bits per heavy atom. The molecule has 2 aromatic carbocycles. The van der Waals surface area contributed by atoms with Gasteiger partial charge < -0.3 is 14.8 Å². The second-order valence-corrected chi connectivity index (χ2v) is 7.67. The number of rotatable bonds is 6. The van der Waals surface area contributed by atoms with E-state index in [1.165, 1.54) is 26.4 Å². The number of benzene rings is 2. The summed E-state index contributed by atoms with van der Waals surface area (Å²) in [5, 5.41) is 2.22. The lowest BCUT2D eigenvalue weighted by molar-refractivity contribution is -0.274. The largest absolute Gasteiger partial charge is 0.573 e. The van der Waals surface area contributed by atoms with Crippen LogP contribution in [-0.4, -0.2) is 33.7 Å². The molecule has 4 rings (SSSR count). The summed E-state index contributed by atoms with van der Waals surface area (Å²) in [5.74, 6) is -5.60. The first-order valence-electron chi connectivity index (χ1n) is 10.5. The molecule has 0 aliphatic rings. The van der Waals surface area contributed by atoms with Gasteiger partial charge in [0.1, 0.15) is 34.5 Å². The van der Waals surface area contributed by atoms with Crippen LogP contribution in [0.1, 0.15) is 10.4 Å². The van der Waals surface area contributed by atoms with Crippen LogP contribution in [0.25, 0.3) is 17.1 Å². The summed E-state index contributed by atoms with van der Waals surface area (Å²) < 4.78 is 92.0. The maximum absolute atomic E-state index is 15.1. The Morgan fingerprint density at radius 1 is 0.974 bits per heavy atom. The number of amides is 1. The number of anilines is 1. The number of carbonyl (C=O) groups is 1. The molecule has 0 spiro atoms. The molecule has 0 saturated heterocycles. The van der Waals surface area contributed by atoms with E-state index >= 15 is 8.78 Å². The Labute approximate surface area is 209 Å². The molecule has 198 valence electrons. The fourth-order valence-corrected chi connectivity index (χ4v) is 3.66. The molecule has 0 saturated carbocycles. The summed E-state index contributed by atoms with van der Waals surface area (Å²) >= 11 is 0. The van der Waals surface area contributed by atoms with Gasteiger partial charge in [-0.2, -0.15) is 4.68 Å². The van der Waals surface area contributed by atoms with E-state index in [0.29, 0.717) is 4.68 Å². The molecule has 1 amide bonds. The van der Waals surface area contributed by atoms with E-state index in [2.05, 4.69) is 15.0 Å². The molecule has 14 heteroatoms. The predicted octanol–water partition coefficient (Wildman–Crippen LogP) is 4.81. The number of carbonyl (C=O) groups excluding carboxylic acids is 1. The molecule has 0 atom stereocenters. The quantitative estimate of drug-likeness (QED) is 0.356. The number of alkyl halides is 3. The van der Waals surface area contributed by atoms with E-state index in [0.717, 1.165) is 47.1 Å². The van der Waals surface area contributed by atoms with Gasteiger partial charge >= 0.3 is 6.36 Å². The highest BCUT2D eigenvalue weighted by atomic mass is 19.4. The Morgan fingerprint density at radius 3 is 2.16 bits per heavy atom. The van der Waals surface area contributed by atoms with Gasteiger partial charge in [-0.3, -0.25) is 14.3 Å². The van der Waals surface area contributed by atoms with Crippen molar-refractivity contribution < 1.29 is 40.6 Å². The number of hydrogen-bond donors (Lipinski definition) is 1. The first-order chi connectivity index (χ1) is 17.9. The molecule has 0 aliphatic heterocycles. The van der Waals surface area contributed by atoms with Crippen molar-refractivity contribution in [3.8, 4) is 28.6 Å². The third-order valence-corrected chi connectivity index (χ3v) is 5.28. The molecule has 2 heterocycles. The Bertz CT molecular complexity index is 1560. The Kier molecular flexibility index (Phi) is 6.89. The minimum Gasteiger partial charge on any atom is -0.497 e. The number of methoxy groups -OCH3 is 1. The van der Waals surface area contributed by atoms with E-state index in [1.807, 2.05) is 0 Å². The lowest BCUT2D eigenvalue weighted by atomic mass is 10.1. The van der Waals surface area contributed by atoms with E-state index in [-0.39, 0.29) is 11.3 Å². The standard InChI is InChI=1S/C24H16F6N4O4/c1-33-20(18-16(26)10-14(37-2)11-17(18)27)19(23(36)34(33)21-15(25)4-3-9-31-21)32-22(35)12-5-7-13(8-6-12)38-24(28,29)30/h3-11H,1-2H3,(H,32,35). The molecule has 38 heavy (non-hydrogen) atoms. The minimum atomic E-state index is -4.96. The maximum Gasteiger partial charge on any atom is 0.573 e. The van der Waals surface area contributed by atoms with Gasteiger partial charge in [-0.25, -0.2) is 18.2 Å². The molecule has 0 aliphatic carbocycles. The zero-order chi connectivity index (χ0) is 27.8. The van der Waals surface area contributed by atoms with Crippen molar-refractivity contribution in [3.63, 3.8) is 0 Å². The van der Waals surface area contributed by atoms with Crippen molar-refractivity contribution in [2.24, 2.45) is 7.05 Å². The van der Waals surface area contributed by atoms with Crippen LogP contribution in [0.5, 0.6) is 11.5 Å². The van der Waals surface area contributed by atoms with E-state index in [1.54, 1.807) is 0 Å². The predicted molar refractivity (Wildman–Crippen MR) is 122 cm³/mol. The van der Waals surface area contributed by atoms with Crippen LogP contribution in [0.3, 0.4) is 0 Å². The van der Waals surface area contributed by atoms with Gasteiger partial charge in [0.25, 0.3) is 11.5 Å². The minimum absolute atomic E-state index is 0.171. The highest BCUT2D eigenvalue weighted by molar-refractivity contribution is 6.06. The van der Waals surface area contributed by atoms with Crippen molar-refractivity contribution in [1.29, 1.82) is 0 Å². The zero-order valence-corrected chi connectivity index (χ0v) is 19.4. The van der Waals surface area contributed by atoms with Gasteiger partial charge in [-0.1, -0.05) is 0 Å². The summed E-state index contributed by atoms with van der Waals surface area (Å²) in [6.45, 7) is 0. The second-order valence-electron chi connectivity index (χ2n) is 7.67. The summed E-state index contributed by atoms with van der Waals surface area (Å²) in [6, 6.07) is 7.61. The second kappa shape index (κ2) is 9.95. The lowest BCUT2D eigenvalue weighted by Crippen LogP contribution is -2.24. The Balaban J connectivity index is 1.86. The van der Waals surface area contributed by atoms with Crippen LogP contribution in [0.15, 0.2) is 59.5 Å². The molecule has 0 radical (unpaired) electrons. The average Bonchev–Trinajstić information content (AvgIpc) is 3.07. The van der Waals surface area contributed by atoms with E-state index in [4.69, 9.17) is 4.74 Å². The third kappa shape index (κ3) is 5.05. The number of aromatic nitrogens is 3. The van der Waals surface area contributed by atoms with E-state index < -0.39 is 63.8 Å². The summed E-state index contributed by atoms with van der Waals surface area (Å²) in [7, 11) is 2.37. The van der Waals surface area contributed by atoms with Gasteiger partial charge in [0.05, 0.1) is 12.7 Å². The number of nitrogens with one attached hydrogen (secondary N) is 1. The van der Waals surface area contributed by atoms with Crippen LogP contribution in [0.4, 0.5) is 32.0 Å². The third-order valence-electron chi connectivity index (χ3n) is 5.28. The fourth-order valence-electron chi connectivity index (χ4n) is 3.66. The van der Waals surface area contributed by atoms with Crippen LogP contribution in [0, 0.1) is 17.5 Å². The first kappa shape index (κ1) is 26.3. The molecule has 0 fully saturated rings. The van der Waals surface area contributed by atoms with Crippen molar-refractivity contribution in [2.75, 3.05) is 12.4 Å². The Hall–Kier alpha value is -4.75. The average molecular weight is 538 g/mol.